The third-order valence-electron chi connectivity index (χ3n) is 11.4. The number of aromatic amines is 1. The van der Waals surface area contributed by atoms with E-state index in [1.54, 1.807) is 24.4 Å². The van der Waals surface area contributed by atoms with Crippen LogP contribution in [0.3, 0.4) is 0 Å². The maximum Gasteiger partial charge on any atom is 0.293 e. The van der Waals surface area contributed by atoms with Crippen LogP contribution < -0.4 is 19.7 Å². The first-order chi connectivity index (χ1) is 28.1. The van der Waals surface area contributed by atoms with Gasteiger partial charge in [0.15, 0.2) is 0 Å². The molecule has 0 bridgehead atoms. The zero-order valence-electron chi connectivity index (χ0n) is 32.0. The van der Waals surface area contributed by atoms with Gasteiger partial charge in [-0.15, -0.1) is 0 Å². The highest BCUT2D eigenvalue weighted by Crippen LogP contribution is 2.45. The van der Waals surface area contributed by atoms with Crippen LogP contribution in [-0.4, -0.2) is 55.5 Å². The Morgan fingerprint density at radius 1 is 1.00 bits per heavy atom. The zero-order chi connectivity index (χ0) is 40.3. The van der Waals surface area contributed by atoms with Crippen molar-refractivity contribution >= 4 is 44.0 Å². The summed E-state index contributed by atoms with van der Waals surface area (Å²) < 4.78 is 41.1. The average molecular weight is 801 g/mol. The molecule has 1 unspecified atom stereocenters. The molecule has 6 aromatic rings. The largest absolute Gasteiger partial charge is 0.455 e. The van der Waals surface area contributed by atoms with Crippen molar-refractivity contribution in [2.45, 2.75) is 49.5 Å². The Balaban J connectivity index is 1.07. The van der Waals surface area contributed by atoms with Crippen LogP contribution in [0.25, 0.3) is 22.2 Å². The van der Waals surface area contributed by atoms with Crippen LogP contribution in [0.5, 0.6) is 11.5 Å². The number of rotatable bonds is 13. The molecule has 0 spiro atoms. The van der Waals surface area contributed by atoms with Crippen LogP contribution in [0.15, 0.2) is 120 Å². The number of nitro benzene ring substituents is 1. The van der Waals surface area contributed by atoms with Crippen LogP contribution in [0, 0.1) is 16.0 Å². The van der Waals surface area contributed by atoms with E-state index in [2.05, 4.69) is 68.2 Å². The molecular weight excluding hydrogens is 757 g/mol. The first-order valence-corrected chi connectivity index (χ1v) is 21.0. The molecule has 0 radical (unpaired) electrons. The monoisotopic (exact) mass is 800 g/mol. The third kappa shape index (κ3) is 7.85. The molecule has 3 N–H and O–H groups in total. The molecule has 1 amide bonds. The van der Waals surface area contributed by atoms with Crippen LogP contribution >= 0.6 is 0 Å². The van der Waals surface area contributed by atoms with Crippen molar-refractivity contribution in [1.29, 1.82) is 0 Å². The Labute approximate surface area is 336 Å². The van der Waals surface area contributed by atoms with Gasteiger partial charge in [0, 0.05) is 49.6 Å². The second-order valence-corrected chi connectivity index (χ2v) is 16.4. The van der Waals surface area contributed by atoms with Crippen LogP contribution in [0.1, 0.15) is 54.9 Å². The molecule has 2 aromatic heterocycles. The Kier molecular flexibility index (Phi) is 10.9. The lowest BCUT2D eigenvalue weighted by atomic mass is 9.84. The minimum Gasteiger partial charge on any atom is -0.455 e. The van der Waals surface area contributed by atoms with Gasteiger partial charge in [-0.05, 0) is 103 Å². The fourth-order valence-electron chi connectivity index (χ4n) is 8.21. The van der Waals surface area contributed by atoms with Gasteiger partial charge in [0.05, 0.1) is 27.1 Å². The molecule has 14 heteroatoms. The van der Waals surface area contributed by atoms with E-state index in [4.69, 9.17) is 9.47 Å². The first-order valence-electron chi connectivity index (χ1n) is 19.5. The summed E-state index contributed by atoms with van der Waals surface area (Å²) in [5.41, 5.74) is 4.29. The lowest BCUT2D eigenvalue weighted by Crippen LogP contribution is -2.40. The predicted octanol–water partition coefficient (Wildman–Crippen LogP) is 8.79. The van der Waals surface area contributed by atoms with Crippen LogP contribution in [0.2, 0.25) is 0 Å². The third-order valence-corrected chi connectivity index (χ3v) is 12.7. The standard InChI is InChI=1S/C44H44N6O7S/c1-2-44(34-7-4-3-5-8-34)20-6-22-49(44)35-12-9-31(10-13-35)32-11-15-38(41(26-32)57-36-25-33-17-21-45-42(33)47-29-36)43(51)48-58(54,55)37-14-16-39(40(27-37)50(52)53)46-28-30-18-23-56-24-19-30/h3-5,7-17,21,25-27,29-30,46H,2,6,18-20,22-24,28H2,1H3,(H,45,47)(H,48,51). The molecule has 2 saturated heterocycles. The van der Waals surface area contributed by atoms with Crippen LogP contribution in [0.4, 0.5) is 17.1 Å². The number of nitrogens with one attached hydrogen (secondary N) is 3. The normalized spacial score (nSPS) is 17.3. The minimum atomic E-state index is -4.56. The molecule has 13 nitrogen and oxygen atoms in total. The van der Waals surface area contributed by atoms with Gasteiger partial charge in [0.25, 0.3) is 21.6 Å². The van der Waals surface area contributed by atoms with Gasteiger partial charge in [0.2, 0.25) is 0 Å². The SMILES string of the molecule is CCC1(c2ccccc2)CCCN1c1ccc(-c2ccc(C(=O)NS(=O)(=O)c3ccc(NCC4CCOCC4)c([N+](=O)[O-])c3)c(Oc3cnc4[nH]ccc4c3)c2)cc1. The number of aromatic nitrogens is 2. The number of carbonyl (C=O) groups is 1. The van der Waals surface area contributed by atoms with E-state index >= 15 is 0 Å². The van der Waals surface area contributed by atoms with Gasteiger partial charge in [-0.1, -0.05) is 55.5 Å². The summed E-state index contributed by atoms with van der Waals surface area (Å²) >= 11 is 0. The fraction of sp³-hybridized carbons (Fsp3) is 0.273. The minimum absolute atomic E-state index is 0.0602. The number of nitro groups is 1. The summed E-state index contributed by atoms with van der Waals surface area (Å²) in [6.07, 6.45) is 8.03. The number of sulfonamides is 1. The Morgan fingerprint density at radius 2 is 1.78 bits per heavy atom. The number of ether oxygens (including phenoxy) is 2. The number of benzene rings is 4. The molecular formula is C44H44N6O7S. The molecule has 4 heterocycles. The molecule has 4 aromatic carbocycles. The van der Waals surface area contributed by atoms with E-state index in [1.165, 1.54) is 30.0 Å². The molecule has 1 atom stereocenters. The molecule has 298 valence electrons. The summed E-state index contributed by atoms with van der Waals surface area (Å²) in [6, 6.07) is 31.0. The number of carbonyl (C=O) groups excluding carboxylic acids is 1. The first kappa shape index (κ1) is 38.6. The summed E-state index contributed by atoms with van der Waals surface area (Å²) in [5, 5.41) is 15.9. The van der Waals surface area contributed by atoms with Crippen molar-refractivity contribution in [2.75, 3.05) is 36.5 Å². The average Bonchev–Trinajstić information content (AvgIpc) is 3.91. The summed E-state index contributed by atoms with van der Waals surface area (Å²) in [5.74, 6) is -0.266. The number of anilines is 2. The molecule has 2 fully saturated rings. The highest BCUT2D eigenvalue weighted by Gasteiger charge is 2.41. The van der Waals surface area contributed by atoms with Crippen molar-refractivity contribution in [3.05, 3.63) is 137 Å². The second kappa shape index (κ2) is 16.3. The lowest BCUT2D eigenvalue weighted by molar-refractivity contribution is -0.384. The van der Waals surface area contributed by atoms with E-state index < -0.39 is 31.4 Å². The van der Waals surface area contributed by atoms with Gasteiger partial charge in [0.1, 0.15) is 22.8 Å². The van der Waals surface area contributed by atoms with Gasteiger partial charge < -0.3 is 24.7 Å². The Morgan fingerprint density at radius 3 is 2.53 bits per heavy atom. The summed E-state index contributed by atoms with van der Waals surface area (Å²) in [7, 11) is -4.56. The number of amides is 1. The number of pyridine rings is 1. The van der Waals surface area contributed by atoms with E-state index in [1.807, 2.05) is 24.3 Å². The van der Waals surface area contributed by atoms with Gasteiger partial charge in [-0.2, -0.15) is 0 Å². The van der Waals surface area contributed by atoms with Gasteiger partial charge in [-0.25, -0.2) is 18.1 Å². The number of nitrogens with zero attached hydrogens (tertiary/aromatic N) is 3. The van der Waals surface area contributed by atoms with Crippen molar-refractivity contribution in [2.24, 2.45) is 5.92 Å². The summed E-state index contributed by atoms with van der Waals surface area (Å²) in [6.45, 7) is 4.91. The van der Waals surface area contributed by atoms with Gasteiger partial charge in [-0.3, -0.25) is 14.9 Å². The van der Waals surface area contributed by atoms with E-state index in [-0.39, 0.29) is 28.5 Å². The topological polar surface area (TPSA) is 169 Å². The second-order valence-electron chi connectivity index (χ2n) is 14.8. The highest BCUT2D eigenvalue weighted by molar-refractivity contribution is 7.90. The molecule has 58 heavy (non-hydrogen) atoms. The maximum atomic E-state index is 13.9. The molecule has 0 aliphatic carbocycles. The number of hydrogen-bond acceptors (Lipinski definition) is 10. The quantitative estimate of drug-likeness (QED) is 0.0758. The number of hydrogen-bond donors (Lipinski definition) is 3. The van der Waals surface area contributed by atoms with Gasteiger partial charge >= 0.3 is 0 Å². The number of fused-ring (bicyclic) bond motifs is 1. The summed E-state index contributed by atoms with van der Waals surface area (Å²) in [4.78, 5) is 34.8. The Hall–Kier alpha value is -6.25. The van der Waals surface area contributed by atoms with Crippen LogP contribution in [-0.2, 0) is 20.3 Å². The molecule has 2 aliphatic rings. The van der Waals surface area contributed by atoms with Crippen molar-refractivity contribution in [3.63, 3.8) is 0 Å². The van der Waals surface area contributed by atoms with Crippen molar-refractivity contribution in [3.8, 4) is 22.6 Å². The molecule has 8 rings (SSSR count). The molecule has 0 saturated carbocycles. The zero-order valence-corrected chi connectivity index (χ0v) is 32.8. The smallest absolute Gasteiger partial charge is 0.293 e. The van der Waals surface area contributed by atoms with E-state index in [0.29, 0.717) is 31.2 Å². The number of H-pyrrole nitrogens is 1. The molecule has 2 aliphatic heterocycles. The van der Waals surface area contributed by atoms with E-state index in [0.717, 1.165) is 66.9 Å². The Bertz CT molecular complexity index is 2560. The predicted molar refractivity (Wildman–Crippen MR) is 223 cm³/mol. The lowest BCUT2D eigenvalue weighted by Gasteiger charge is -2.40. The maximum absolute atomic E-state index is 13.9. The van der Waals surface area contributed by atoms with Crippen molar-refractivity contribution in [1.82, 2.24) is 14.7 Å². The highest BCUT2D eigenvalue weighted by atomic mass is 32.2. The van der Waals surface area contributed by atoms with E-state index in [9.17, 15) is 23.3 Å². The fourth-order valence-corrected chi connectivity index (χ4v) is 9.19. The van der Waals surface area contributed by atoms with Crippen molar-refractivity contribution < 1.29 is 27.6 Å².